The van der Waals surface area contributed by atoms with Crippen LogP contribution < -0.4 is 10.2 Å². The molecule has 0 bridgehead atoms. The molecule has 0 aliphatic carbocycles. The lowest BCUT2D eigenvalue weighted by molar-refractivity contribution is -0.117. The predicted octanol–water partition coefficient (Wildman–Crippen LogP) is 4.11. The summed E-state index contributed by atoms with van der Waals surface area (Å²) in [7, 11) is 0. The van der Waals surface area contributed by atoms with Crippen LogP contribution in [-0.4, -0.2) is 30.4 Å². The summed E-state index contributed by atoms with van der Waals surface area (Å²) in [5.41, 5.74) is 2.02. The van der Waals surface area contributed by atoms with Gasteiger partial charge in [0.05, 0.1) is 32.2 Å². The van der Waals surface area contributed by atoms with Crippen LogP contribution in [0, 0.1) is 0 Å². The second-order valence-corrected chi connectivity index (χ2v) is 7.09. The lowest BCUT2D eigenvalue weighted by Gasteiger charge is -2.20. The first-order valence-electron chi connectivity index (χ1n) is 9.68. The van der Waals surface area contributed by atoms with E-state index in [1.165, 1.54) is 18.5 Å². The van der Waals surface area contributed by atoms with Crippen molar-refractivity contribution < 1.29 is 13.6 Å². The Morgan fingerprint density at radius 3 is 2.07 bits per heavy atom. The minimum absolute atomic E-state index is 0.0629. The molecule has 0 spiro atoms. The third kappa shape index (κ3) is 4.84. The first-order valence-corrected chi connectivity index (χ1v) is 9.68. The Bertz CT molecular complexity index is 815. The Labute approximate surface area is 164 Å². The van der Waals surface area contributed by atoms with Crippen LogP contribution in [0.15, 0.2) is 69.9 Å². The van der Waals surface area contributed by atoms with E-state index in [1.54, 1.807) is 12.5 Å². The summed E-state index contributed by atoms with van der Waals surface area (Å²) < 4.78 is 10.9. The minimum Gasteiger partial charge on any atom is -0.468 e. The largest absolute Gasteiger partial charge is 0.468 e. The fraction of sp³-hybridized carbons (Fsp3) is 0.318. The van der Waals surface area contributed by atoms with Crippen LogP contribution in [0.4, 0.5) is 11.4 Å². The van der Waals surface area contributed by atoms with Crippen molar-refractivity contribution in [1.82, 2.24) is 4.90 Å². The molecule has 2 aromatic heterocycles. The predicted molar refractivity (Wildman–Crippen MR) is 108 cm³/mol. The number of hydrogen-bond donors (Lipinski definition) is 1. The Hall–Kier alpha value is -2.99. The van der Waals surface area contributed by atoms with Gasteiger partial charge in [-0.15, -0.1) is 0 Å². The van der Waals surface area contributed by atoms with E-state index in [1.807, 2.05) is 41.3 Å². The molecule has 1 aliphatic rings. The molecular formula is C22H25N3O3. The molecule has 0 saturated carbocycles. The van der Waals surface area contributed by atoms with Gasteiger partial charge in [0.25, 0.3) is 0 Å². The molecule has 1 saturated heterocycles. The number of hydrogen-bond acceptors (Lipinski definition) is 5. The van der Waals surface area contributed by atoms with Gasteiger partial charge in [-0.1, -0.05) is 0 Å². The Morgan fingerprint density at radius 1 is 0.929 bits per heavy atom. The number of carbonyl (C=O) groups is 1. The molecule has 6 nitrogen and oxygen atoms in total. The van der Waals surface area contributed by atoms with E-state index in [0.29, 0.717) is 13.1 Å². The summed E-state index contributed by atoms with van der Waals surface area (Å²) in [5, 5.41) is 2.99. The maximum absolute atomic E-state index is 12.6. The van der Waals surface area contributed by atoms with E-state index < -0.39 is 0 Å². The molecule has 4 rings (SSSR count). The third-order valence-electron chi connectivity index (χ3n) is 4.91. The lowest BCUT2D eigenvalue weighted by Crippen LogP contribution is -2.32. The lowest BCUT2D eigenvalue weighted by atomic mass is 10.2. The molecule has 1 N–H and O–H groups in total. The molecule has 146 valence electrons. The number of anilines is 2. The van der Waals surface area contributed by atoms with Gasteiger partial charge in [0.15, 0.2) is 0 Å². The second-order valence-electron chi connectivity index (χ2n) is 7.09. The molecule has 3 heterocycles. The molecule has 1 aliphatic heterocycles. The maximum atomic E-state index is 12.6. The van der Waals surface area contributed by atoms with Crippen LogP contribution in [0.5, 0.6) is 0 Å². The molecule has 3 aromatic rings. The second kappa shape index (κ2) is 8.80. The van der Waals surface area contributed by atoms with Gasteiger partial charge >= 0.3 is 0 Å². The fourth-order valence-corrected chi connectivity index (χ4v) is 3.55. The number of nitrogens with one attached hydrogen (secondary N) is 1. The number of rotatable bonds is 8. The zero-order chi connectivity index (χ0) is 19.2. The number of amides is 1. The number of nitrogens with zero attached hydrogens (tertiary/aromatic N) is 2. The fourth-order valence-electron chi connectivity index (χ4n) is 3.55. The van der Waals surface area contributed by atoms with Crippen molar-refractivity contribution in [3.8, 4) is 0 Å². The molecule has 6 heteroatoms. The zero-order valence-corrected chi connectivity index (χ0v) is 15.8. The summed E-state index contributed by atoms with van der Waals surface area (Å²) in [6.45, 7) is 3.54. The highest BCUT2D eigenvalue weighted by molar-refractivity contribution is 5.92. The van der Waals surface area contributed by atoms with Gasteiger partial charge in [-0.05, 0) is 61.4 Å². The van der Waals surface area contributed by atoms with Gasteiger partial charge in [-0.2, -0.15) is 0 Å². The van der Waals surface area contributed by atoms with E-state index >= 15 is 0 Å². The summed E-state index contributed by atoms with van der Waals surface area (Å²) >= 11 is 0. The molecule has 0 unspecified atom stereocenters. The smallest absolute Gasteiger partial charge is 0.238 e. The Balaban J connectivity index is 1.36. The Kier molecular flexibility index (Phi) is 5.77. The van der Waals surface area contributed by atoms with Gasteiger partial charge < -0.3 is 19.1 Å². The van der Waals surface area contributed by atoms with Crippen molar-refractivity contribution in [1.29, 1.82) is 0 Å². The van der Waals surface area contributed by atoms with Crippen molar-refractivity contribution in [2.75, 3.05) is 29.9 Å². The topological polar surface area (TPSA) is 61.9 Å². The average Bonchev–Trinajstić information content (AvgIpc) is 3.46. The van der Waals surface area contributed by atoms with Gasteiger partial charge in [-0.25, -0.2) is 0 Å². The van der Waals surface area contributed by atoms with Crippen LogP contribution >= 0.6 is 0 Å². The van der Waals surface area contributed by atoms with Crippen LogP contribution in [0.25, 0.3) is 0 Å². The van der Waals surface area contributed by atoms with E-state index in [4.69, 9.17) is 8.83 Å². The number of furan rings is 2. The SMILES string of the molecule is O=C(CN(Cc1ccco1)Cc1ccco1)Nc1ccc(N2CCCC2)cc1. The summed E-state index contributed by atoms with van der Waals surface area (Å²) in [5.74, 6) is 1.57. The monoisotopic (exact) mass is 379 g/mol. The highest BCUT2D eigenvalue weighted by Gasteiger charge is 2.16. The van der Waals surface area contributed by atoms with E-state index in [-0.39, 0.29) is 12.5 Å². The molecule has 0 atom stereocenters. The summed E-state index contributed by atoms with van der Waals surface area (Å²) in [6.07, 6.45) is 5.78. The standard InChI is InChI=1S/C22H25N3O3/c26-22(23-18-7-9-19(10-8-18)25-11-1-2-12-25)17-24(15-20-5-3-13-27-20)16-21-6-4-14-28-21/h3-10,13-14H,1-2,11-12,15-17H2,(H,23,26). The highest BCUT2D eigenvalue weighted by Crippen LogP contribution is 2.22. The van der Waals surface area contributed by atoms with E-state index in [0.717, 1.165) is 30.3 Å². The van der Waals surface area contributed by atoms with Gasteiger partial charge in [-0.3, -0.25) is 9.69 Å². The molecule has 1 fully saturated rings. The van der Waals surface area contributed by atoms with Crippen LogP contribution in [0.1, 0.15) is 24.4 Å². The summed E-state index contributed by atoms with van der Waals surface area (Å²) in [4.78, 5) is 17.0. The molecular weight excluding hydrogens is 354 g/mol. The van der Waals surface area contributed by atoms with Gasteiger partial charge in [0, 0.05) is 24.5 Å². The molecule has 1 aromatic carbocycles. The first-order chi connectivity index (χ1) is 13.8. The van der Waals surface area contributed by atoms with E-state index in [2.05, 4.69) is 22.3 Å². The quantitative estimate of drug-likeness (QED) is 0.638. The maximum Gasteiger partial charge on any atom is 0.238 e. The van der Waals surface area contributed by atoms with Crippen LogP contribution in [-0.2, 0) is 17.9 Å². The minimum atomic E-state index is -0.0629. The Morgan fingerprint density at radius 2 is 1.54 bits per heavy atom. The van der Waals surface area contributed by atoms with Crippen molar-refractivity contribution in [3.63, 3.8) is 0 Å². The third-order valence-corrected chi connectivity index (χ3v) is 4.91. The number of benzene rings is 1. The average molecular weight is 379 g/mol. The van der Waals surface area contributed by atoms with Crippen LogP contribution in [0.3, 0.4) is 0 Å². The van der Waals surface area contributed by atoms with Gasteiger partial charge in [0.1, 0.15) is 11.5 Å². The number of carbonyl (C=O) groups excluding carboxylic acids is 1. The normalized spacial score (nSPS) is 14.0. The summed E-state index contributed by atoms with van der Waals surface area (Å²) in [6, 6.07) is 15.6. The van der Waals surface area contributed by atoms with Crippen molar-refractivity contribution in [2.24, 2.45) is 0 Å². The van der Waals surface area contributed by atoms with Crippen LogP contribution in [0.2, 0.25) is 0 Å². The molecule has 1 amide bonds. The van der Waals surface area contributed by atoms with Crippen molar-refractivity contribution in [2.45, 2.75) is 25.9 Å². The van der Waals surface area contributed by atoms with Crippen molar-refractivity contribution >= 4 is 17.3 Å². The first kappa shape index (κ1) is 18.4. The van der Waals surface area contributed by atoms with E-state index in [9.17, 15) is 4.79 Å². The molecule has 0 radical (unpaired) electrons. The highest BCUT2D eigenvalue weighted by atomic mass is 16.3. The zero-order valence-electron chi connectivity index (χ0n) is 15.8. The molecule has 28 heavy (non-hydrogen) atoms. The van der Waals surface area contributed by atoms with Gasteiger partial charge in [0.2, 0.25) is 5.91 Å². The van der Waals surface area contributed by atoms with Crippen molar-refractivity contribution in [3.05, 3.63) is 72.6 Å².